The summed E-state index contributed by atoms with van der Waals surface area (Å²) in [5.41, 5.74) is 0.936. The van der Waals surface area contributed by atoms with Gasteiger partial charge in [0.1, 0.15) is 0 Å². The SMILES string of the molecule is O=c1[nH]nc(SCc2noc(-c3ccco3)n2)n1CCc1ccccc1. The third kappa shape index (κ3) is 3.62. The zero-order valence-electron chi connectivity index (χ0n) is 13.7. The first kappa shape index (κ1) is 16.4. The molecule has 0 amide bonds. The van der Waals surface area contributed by atoms with E-state index in [9.17, 15) is 4.79 Å². The summed E-state index contributed by atoms with van der Waals surface area (Å²) in [7, 11) is 0. The van der Waals surface area contributed by atoms with Gasteiger partial charge in [-0.1, -0.05) is 47.3 Å². The minimum Gasteiger partial charge on any atom is -0.459 e. The fourth-order valence-electron chi connectivity index (χ4n) is 2.44. The topological polar surface area (TPSA) is 103 Å². The quantitative estimate of drug-likeness (QED) is 0.500. The van der Waals surface area contributed by atoms with Crippen LogP contribution in [0.1, 0.15) is 11.4 Å². The van der Waals surface area contributed by atoms with Crippen molar-refractivity contribution in [2.24, 2.45) is 0 Å². The van der Waals surface area contributed by atoms with E-state index in [4.69, 9.17) is 8.94 Å². The molecule has 0 bridgehead atoms. The second kappa shape index (κ2) is 7.44. The van der Waals surface area contributed by atoms with E-state index in [-0.39, 0.29) is 5.69 Å². The summed E-state index contributed by atoms with van der Waals surface area (Å²) in [6.07, 6.45) is 2.29. The summed E-state index contributed by atoms with van der Waals surface area (Å²) in [4.78, 5) is 16.3. The van der Waals surface area contributed by atoms with Gasteiger partial charge in [0.05, 0.1) is 12.0 Å². The number of nitrogens with zero attached hydrogens (tertiary/aromatic N) is 4. The Labute approximate surface area is 152 Å². The van der Waals surface area contributed by atoms with Crippen LogP contribution in [0, 0.1) is 0 Å². The molecule has 0 spiro atoms. The molecular weight excluding hydrogens is 354 g/mol. The minimum absolute atomic E-state index is 0.229. The van der Waals surface area contributed by atoms with Gasteiger partial charge in [-0.2, -0.15) is 4.98 Å². The molecule has 0 unspecified atom stereocenters. The molecule has 3 aromatic heterocycles. The molecule has 0 saturated heterocycles. The van der Waals surface area contributed by atoms with Gasteiger partial charge in [0.2, 0.25) is 0 Å². The van der Waals surface area contributed by atoms with Crippen LogP contribution in [0.2, 0.25) is 0 Å². The Bertz CT molecular complexity index is 1020. The highest BCUT2D eigenvalue weighted by atomic mass is 32.2. The van der Waals surface area contributed by atoms with Crippen LogP contribution in [0.4, 0.5) is 0 Å². The molecule has 3 heterocycles. The van der Waals surface area contributed by atoms with E-state index < -0.39 is 0 Å². The van der Waals surface area contributed by atoms with Gasteiger partial charge < -0.3 is 8.94 Å². The molecular formula is C17H15N5O3S. The molecule has 4 aromatic rings. The van der Waals surface area contributed by atoms with Crippen LogP contribution in [0.3, 0.4) is 0 Å². The standard InChI is InChI=1S/C17H15N5O3S/c23-16-19-20-17(22(16)9-8-12-5-2-1-3-6-12)26-11-14-18-15(25-21-14)13-7-4-10-24-13/h1-7,10H,8-9,11H2,(H,19,23). The van der Waals surface area contributed by atoms with Crippen LogP contribution in [0.25, 0.3) is 11.7 Å². The zero-order valence-corrected chi connectivity index (χ0v) is 14.5. The molecule has 1 N–H and O–H groups in total. The van der Waals surface area contributed by atoms with Gasteiger partial charge >= 0.3 is 5.69 Å². The lowest BCUT2D eigenvalue weighted by Crippen LogP contribution is -2.18. The molecule has 4 rings (SSSR count). The van der Waals surface area contributed by atoms with Gasteiger partial charge in [0.25, 0.3) is 5.89 Å². The van der Waals surface area contributed by atoms with E-state index in [1.165, 1.54) is 11.8 Å². The number of H-pyrrole nitrogens is 1. The Morgan fingerprint density at radius 2 is 2.04 bits per heavy atom. The number of hydrogen-bond donors (Lipinski definition) is 1. The number of thioether (sulfide) groups is 1. The molecule has 0 atom stereocenters. The van der Waals surface area contributed by atoms with Crippen LogP contribution in [-0.4, -0.2) is 24.9 Å². The van der Waals surface area contributed by atoms with Gasteiger partial charge in [-0.05, 0) is 24.1 Å². The van der Waals surface area contributed by atoms with Crippen LogP contribution in [0.15, 0.2) is 67.6 Å². The van der Waals surface area contributed by atoms with Crippen LogP contribution < -0.4 is 5.69 Å². The van der Waals surface area contributed by atoms with Gasteiger partial charge in [-0.25, -0.2) is 9.89 Å². The molecule has 0 radical (unpaired) electrons. The maximum absolute atomic E-state index is 12.0. The number of nitrogens with one attached hydrogen (secondary N) is 1. The third-order valence-electron chi connectivity index (χ3n) is 3.72. The number of aryl methyl sites for hydroxylation is 1. The maximum atomic E-state index is 12.0. The number of aromatic nitrogens is 5. The van der Waals surface area contributed by atoms with Crippen molar-refractivity contribution >= 4 is 11.8 Å². The van der Waals surface area contributed by atoms with Crippen molar-refractivity contribution in [3.05, 3.63) is 70.6 Å². The lowest BCUT2D eigenvalue weighted by molar-refractivity contribution is 0.411. The molecule has 0 aliphatic rings. The zero-order chi connectivity index (χ0) is 17.8. The normalized spacial score (nSPS) is 11.1. The summed E-state index contributed by atoms with van der Waals surface area (Å²) < 4.78 is 12.0. The number of rotatable bonds is 7. The molecule has 132 valence electrons. The van der Waals surface area contributed by atoms with Crippen molar-refractivity contribution in [3.8, 4) is 11.7 Å². The molecule has 0 aliphatic heterocycles. The molecule has 0 aliphatic carbocycles. The van der Waals surface area contributed by atoms with Crippen LogP contribution in [-0.2, 0) is 18.7 Å². The number of furan rings is 1. The Morgan fingerprint density at radius 3 is 2.85 bits per heavy atom. The predicted octanol–water partition coefficient (Wildman–Crippen LogP) is 2.75. The van der Waals surface area contributed by atoms with Gasteiger partial charge in [-0.3, -0.25) is 4.57 Å². The fraction of sp³-hybridized carbons (Fsp3) is 0.176. The molecule has 9 heteroatoms. The monoisotopic (exact) mass is 369 g/mol. The summed E-state index contributed by atoms with van der Waals surface area (Å²) in [5.74, 6) is 1.79. The number of aromatic amines is 1. The van der Waals surface area contributed by atoms with E-state index in [1.807, 2.05) is 30.3 Å². The number of hydrogen-bond acceptors (Lipinski definition) is 7. The van der Waals surface area contributed by atoms with Crippen molar-refractivity contribution in [1.29, 1.82) is 0 Å². The Kier molecular flexibility index (Phi) is 4.69. The predicted molar refractivity (Wildman–Crippen MR) is 94.6 cm³/mol. The van der Waals surface area contributed by atoms with E-state index in [0.717, 1.165) is 12.0 Å². The highest BCUT2D eigenvalue weighted by molar-refractivity contribution is 7.98. The first-order valence-electron chi connectivity index (χ1n) is 7.98. The van der Waals surface area contributed by atoms with E-state index in [1.54, 1.807) is 23.0 Å². The van der Waals surface area contributed by atoms with Gasteiger partial charge in [0, 0.05) is 6.54 Å². The van der Waals surface area contributed by atoms with Gasteiger partial charge in [0.15, 0.2) is 16.7 Å². The fourth-order valence-corrected chi connectivity index (χ4v) is 3.25. The Morgan fingerprint density at radius 1 is 1.15 bits per heavy atom. The lowest BCUT2D eigenvalue weighted by atomic mass is 10.1. The maximum Gasteiger partial charge on any atom is 0.343 e. The largest absolute Gasteiger partial charge is 0.459 e. The molecule has 1 aromatic carbocycles. The molecule has 0 fully saturated rings. The second-order valence-corrected chi connectivity index (χ2v) is 6.42. The van der Waals surface area contributed by atoms with E-state index in [0.29, 0.717) is 34.9 Å². The minimum atomic E-state index is -0.229. The van der Waals surface area contributed by atoms with E-state index >= 15 is 0 Å². The Balaban J connectivity index is 1.42. The summed E-state index contributed by atoms with van der Waals surface area (Å²) in [5, 5.41) is 11.1. The summed E-state index contributed by atoms with van der Waals surface area (Å²) in [6, 6.07) is 13.5. The van der Waals surface area contributed by atoms with E-state index in [2.05, 4.69) is 20.3 Å². The van der Waals surface area contributed by atoms with Crippen molar-refractivity contribution in [2.75, 3.05) is 0 Å². The smallest absolute Gasteiger partial charge is 0.343 e. The molecule has 26 heavy (non-hydrogen) atoms. The molecule has 8 nitrogen and oxygen atoms in total. The lowest BCUT2D eigenvalue weighted by Gasteiger charge is -2.04. The van der Waals surface area contributed by atoms with Crippen molar-refractivity contribution < 1.29 is 8.94 Å². The summed E-state index contributed by atoms with van der Waals surface area (Å²) >= 11 is 1.37. The number of benzene rings is 1. The van der Waals surface area contributed by atoms with Crippen LogP contribution >= 0.6 is 11.8 Å². The van der Waals surface area contributed by atoms with Gasteiger partial charge in [-0.15, -0.1) is 5.10 Å². The second-order valence-electron chi connectivity index (χ2n) is 5.48. The average molecular weight is 369 g/mol. The first-order chi connectivity index (χ1) is 12.8. The van der Waals surface area contributed by atoms with Crippen LogP contribution in [0.5, 0.6) is 0 Å². The highest BCUT2D eigenvalue weighted by Crippen LogP contribution is 2.22. The molecule has 0 saturated carbocycles. The third-order valence-corrected chi connectivity index (χ3v) is 4.69. The van der Waals surface area contributed by atoms with Crippen molar-refractivity contribution in [2.45, 2.75) is 23.9 Å². The average Bonchev–Trinajstić information content (AvgIpc) is 3.41. The highest BCUT2D eigenvalue weighted by Gasteiger charge is 2.14. The first-order valence-corrected chi connectivity index (χ1v) is 8.96. The van der Waals surface area contributed by atoms with Crippen molar-refractivity contribution in [3.63, 3.8) is 0 Å². The summed E-state index contributed by atoms with van der Waals surface area (Å²) in [6.45, 7) is 0.547. The van der Waals surface area contributed by atoms with Crippen molar-refractivity contribution in [1.82, 2.24) is 24.9 Å². The Hall–Kier alpha value is -3.07.